The van der Waals surface area contributed by atoms with E-state index in [4.69, 9.17) is 0 Å². The fourth-order valence-electron chi connectivity index (χ4n) is 2.14. The highest BCUT2D eigenvalue weighted by Crippen LogP contribution is 2.16. The number of nitrogens with one attached hydrogen (secondary N) is 1. The predicted molar refractivity (Wildman–Crippen MR) is 74.4 cm³/mol. The SMILES string of the molecule is C=CCC(CC=C)C(=O)N(C)C1CCNC1.Cl. The van der Waals surface area contributed by atoms with Gasteiger partial charge in [0.2, 0.25) is 5.91 Å². The van der Waals surface area contributed by atoms with Gasteiger partial charge in [-0.2, -0.15) is 0 Å². The molecule has 1 aliphatic rings. The molecule has 0 radical (unpaired) electrons. The molecule has 1 rings (SSSR count). The predicted octanol–water partition coefficient (Wildman–Crippen LogP) is 2.00. The zero-order chi connectivity index (χ0) is 12.0. The summed E-state index contributed by atoms with van der Waals surface area (Å²) in [6.45, 7) is 9.33. The third kappa shape index (κ3) is 4.52. The van der Waals surface area contributed by atoms with Crippen molar-refractivity contribution in [1.29, 1.82) is 0 Å². The Morgan fingerprint density at radius 2 is 2.06 bits per heavy atom. The molecule has 1 unspecified atom stereocenters. The Morgan fingerprint density at radius 3 is 2.47 bits per heavy atom. The Labute approximate surface area is 110 Å². The van der Waals surface area contributed by atoms with E-state index in [9.17, 15) is 4.79 Å². The lowest BCUT2D eigenvalue weighted by molar-refractivity contribution is -0.135. The van der Waals surface area contributed by atoms with Crippen LogP contribution in [-0.4, -0.2) is 37.0 Å². The molecular formula is C13H23ClN2O. The van der Waals surface area contributed by atoms with E-state index in [2.05, 4.69) is 18.5 Å². The maximum Gasteiger partial charge on any atom is 0.226 e. The second-order valence-corrected chi connectivity index (χ2v) is 4.34. The Hall–Kier alpha value is -0.800. The van der Waals surface area contributed by atoms with Crippen LogP contribution in [0.3, 0.4) is 0 Å². The van der Waals surface area contributed by atoms with Crippen LogP contribution in [0.15, 0.2) is 25.3 Å². The average Bonchev–Trinajstić information content (AvgIpc) is 2.80. The van der Waals surface area contributed by atoms with Crippen molar-refractivity contribution in [3.63, 3.8) is 0 Å². The fraction of sp³-hybridized carbons (Fsp3) is 0.615. The number of halogens is 1. The van der Waals surface area contributed by atoms with E-state index in [0.29, 0.717) is 6.04 Å². The molecule has 1 aliphatic heterocycles. The number of hydrogen-bond acceptors (Lipinski definition) is 2. The van der Waals surface area contributed by atoms with E-state index in [1.807, 2.05) is 24.1 Å². The third-order valence-electron chi connectivity index (χ3n) is 3.18. The molecule has 0 aliphatic carbocycles. The molecule has 4 heteroatoms. The summed E-state index contributed by atoms with van der Waals surface area (Å²) in [5.74, 6) is 0.231. The van der Waals surface area contributed by atoms with Crippen molar-refractivity contribution >= 4 is 18.3 Å². The van der Waals surface area contributed by atoms with E-state index in [1.54, 1.807) is 0 Å². The summed E-state index contributed by atoms with van der Waals surface area (Å²) in [5.41, 5.74) is 0. The van der Waals surface area contributed by atoms with Crippen LogP contribution in [-0.2, 0) is 4.79 Å². The molecule has 0 aromatic heterocycles. The standard InChI is InChI=1S/C13H22N2O.ClH/c1-4-6-11(7-5-2)13(16)15(3)12-8-9-14-10-12;/h4-5,11-12,14H,1-2,6-10H2,3H3;1H. The van der Waals surface area contributed by atoms with Crippen LogP contribution in [0.25, 0.3) is 0 Å². The molecule has 1 fully saturated rings. The molecule has 98 valence electrons. The number of carbonyl (C=O) groups excluding carboxylic acids is 1. The Balaban J connectivity index is 0.00000256. The minimum Gasteiger partial charge on any atom is -0.341 e. The van der Waals surface area contributed by atoms with Gasteiger partial charge in [-0.1, -0.05) is 12.2 Å². The topological polar surface area (TPSA) is 32.3 Å². The molecular weight excluding hydrogens is 236 g/mol. The number of rotatable bonds is 6. The molecule has 17 heavy (non-hydrogen) atoms. The van der Waals surface area contributed by atoms with Crippen LogP contribution in [0.1, 0.15) is 19.3 Å². The summed E-state index contributed by atoms with van der Waals surface area (Å²) in [6, 6.07) is 0.352. The molecule has 0 aromatic carbocycles. The summed E-state index contributed by atoms with van der Waals surface area (Å²) < 4.78 is 0. The molecule has 0 aromatic rings. The number of amides is 1. The molecule has 1 atom stereocenters. The summed E-state index contributed by atoms with van der Waals surface area (Å²) in [5, 5.41) is 3.28. The number of allylic oxidation sites excluding steroid dienone is 2. The normalized spacial score (nSPS) is 18.6. The number of likely N-dealkylation sites (N-methyl/N-ethyl adjacent to an activating group) is 1. The van der Waals surface area contributed by atoms with Gasteiger partial charge in [0.05, 0.1) is 0 Å². The molecule has 1 amide bonds. The minimum absolute atomic E-state index is 0. The van der Waals surface area contributed by atoms with Crippen LogP contribution in [0, 0.1) is 5.92 Å². The summed E-state index contributed by atoms with van der Waals surface area (Å²) in [6.07, 6.45) is 6.14. The molecule has 1 heterocycles. The Kier molecular flexibility index (Phi) is 7.92. The second kappa shape index (κ2) is 8.31. The number of nitrogens with zero attached hydrogens (tertiary/aromatic N) is 1. The molecule has 0 saturated carbocycles. The monoisotopic (exact) mass is 258 g/mol. The average molecular weight is 259 g/mol. The number of hydrogen-bond donors (Lipinski definition) is 1. The molecule has 0 spiro atoms. The third-order valence-corrected chi connectivity index (χ3v) is 3.18. The quantitative estimate of drug-likeness (QED) is 0.739. The summed E-state index contributed by atoms with van der Waals surface area (Å²) in [7, 11) is 1.90. The van der Waals surface area contributed by atoms with Gasteiger partial charge in [0, 0.05) is 25.6 Å². The zero-order valence-corrected chi connectivity index (χ0v) is 11.3. The summed E-state index contributed by atoms with van der Waals surface area (Å²) >= 11 is 0. The lowest BCUT2D eigenvalue weighted by atomic mass is 9.99. The fourth-order valence-corrected chi connectivity index (χ4v) is 2.14. The van der Waals surface area contributed by atoms with Gasteiger partial charge in [0.25, 0.3) is 0 Å². The van der Waals surface area contributed by atoms with Crippen molar-refractivity contribution in [1.82, 2.24) is 10.2 Å². The van der Waals surface area contributed by atoms with Crippen molar-refractivity contribution in [2.75, 3.05) is 20.1 Å². The van der Waals surface area contributed by atoms with E-state index in [-0.39, 0.29) is 24.2 Å². The first-order chi connectivity index (χ1) is 7.70. The maximum absolute atomic E-state index is 12.2. The number of carbonyl (C=O) groups is 1. The highest BCUT2D eigenvalue weighted by molar-refractivity contribution is 5.85. The molecule has 0 bridgehead atoms. The van der Waals surface area contributed by atoms with Crippen molar-refractivity contribution < 1.29 is 4.79 Å². The van der Waals surface area contributed by atoms with Crippen LogP contribution in [0.2, 0.25) is 0 Å². The van der Waals surface area contributed by atoms with E-state index in [0.717, 1.165) is 32.4 Å². The minimum atomic E-state index is 0. The first-order valence-corrected chi connectivity index (χ1v) is 5.89. The smallest absolute Gasteiger partial charge is 0.226 e. The molecule has 1 N–H and O–H groups in total. The van der Waals surface area contributed by atoms with Crippen molar-refractivity contribution in [3.05, 3.63) is 25.3 Å². The molecule has 1 saturated heterocycles. The second-order valence-electron chi connectivity index (χ2n) is 4.34. The van der Waals surface area contributed by atoms with Gasteiger partial charge in [0.1, 0.15) is 0 Å². The lowest BCUT2D eigenvalue weighted by Crippen LogP contribution is -2.41. The van der Waals surface area contributed by atoms with E-state index in [1.165, 1.54) is 0 Å². The van der Waals surface area contributed by atoms with Gasteiger partial charge in [-0.3, -0.25) is 4.79 Å². The maximum atomic E-state index is 12.2. The van der Waals surface area contributed by atoms with Crippen LogP contribution >= 0.6 is 12.4 Å². The lowest BCUT2D eigenvalue weighted by Gasteiger charge is -2.27. The largest absolute Gasteiger partial charge is 0.341 e. The first kappa shape index (κ1) is 16.2. The van der Waals surface area contributed by atoms with Gasteiger partial charge in [-0.15, -0.1) is 25.6 Å². The van der Waals surface area contributed by atoms with Gasteiger partial charge in [0.15, 0.2) is 0 Å². The van der Waals surface area contributed by atoms with E-state index < -0.39 is 0 Å². The van der Waals surface area contributed by atoms with E-state index >= 15 is 0 Å². The Bertz CT molecular complexity index is 252. The highest BCUT2D eigenvalue weighted by Gasteiger charge is 2.27. The van der Waals surface area contributed by atoms with Crippen LogP contribution in [0.4, 0.5) is 0 Å². The van der Waals surface area contributed by atoms with Gasteiger partial charge < -0.3 is 10.2 Å². The summed E-state index contributed by atoms with van der Waals surface area (Å²) in [4.78, 5) is 14.1. The Morgan fingerprint density at radius 1 is 1.47 bits per heavy atom. The molecule has 3 nitrogen and oxygen atoms in total. The van der Waals surface area contributed by atoms with Gasteiger partial charge in [-0.25, -0.2) is 0 Å². The first-order valence-electron chi connectivity index (χ1n) is 5.89. The van der Waals surface area contributed by atoms with Gasteiger partial charge >= 0.3 is 0 Å². The van der Waals surface area contributed by atoms with Crippen LogP contribution < -0.4 is 5.32 Å². The highest BCUT2D eigenvalue weighted by atomic mass is 35.5. The van der Waals surface area contributed by atoms with Crippen molar-refractivity contribution in [2.24, 2.45) is 5.92 Å². The van der Waals surface area contributed by atoms with Crippen molar-refractivity contribution in [3.8, 4) is 0 Å². The van der Waals surface area contributed by atoms with Gasteiger partial charge in [-0.05, 0) is 25.8 Å². The van der Waals surface area contributed by atoms with Crippen molar-refractivity contribution in [2.45, 2.75) is 25.3 Å². The van der Waals surface area contributed by atoms with Crippen LogP contribution in [0.5, 0.6) is 0 Å². The zero-order valence-electron chi connectivity index (χ0n) is 10.5.